The topological polar surface area (TPSA) is 326 Å². The SMILES string of the molecule is CCCC(=O)NCCOCCNC(=O)CCOCCNC(=O)CC[C@H](NC(=O)CCOCCOCCNC(=O)CCN1C(=O)C=CC1=O)C(=O)NCCOCCC(=O)NCCOCCNC(=O)CCC. The average Bonchev–Trinajstić information content (AvgIpc) is 3.65. The van der Waals surface area contributed by atoms with E-state index in [0.29, 0.717) is 58.8 Å². The number of hydrogen-bond donors (Lipinski definition) is 8. The van der Waals surface area contributed by atoms with Gasteiger partial charge in [-0.3, -0.25) is 52.8 Å². The van der Waals surface area contributed by atoms with E-state index in [-0.39, 0.29) is 154 Å². The maximum atomic E-state index is 13.1. The molecule has 1 atom stereocenters. The number of hydrogen-bond acceptors (Lipinski definition) is 16. The predicted octanol–water partition coefficient (Wildman–Crippen LogP) is -2.75. The van der Waals surface area contributed by atoms with Gasteiger partial charge in [0.05, 0.1) is 79.3 Å². The third-order valence-electron chi connectivity index (χ3n) is 9.48. The van der Waals surface area contributed by atoms with Gasteiger partial charge in [-0.2, -0.15) is 0 Å². The van der Waals surface area contributed by atoms with Gasteiger partial charge in [-0.25, -0.2) is 0 Å². The van der Waals surface area contributed by atoms with Crippen molar-refractivity contribution in [2.24, 2.45) is 0 Å². The normalized spacial score (nSPS) is 12.3. The molecule has 1 heterocycles. The summed E-state index contributed by atoms with van der Waals surface area (Å²) < 4.78 is 32.6. The van der Waals surface area contributed by atoms with E-state index in [4.69, 9.17) is 28.4 Å². The summed E-state index contributed by atoms with van der Waals surface area (Å²) in [6, 6.07) is -1.07. The highest BCUT2D eigenvalue weighted by Gasteiger charge is 2.24. The summed E-state index contributed by atoms with van der Waals surface area (Å²) in [6.45, 7) is 7.79. The molecule has 10 amide bonds. The number of ether oxygens (including phenoxy) is 6. The summed E-state index contributed by atoms with van der Waals surface area (Å²) in [5, 5.41) is 21.5. The van der Waals surface area contributed by atoms with Crippen LogP contribution in [-0.4, -0.2) is 202 Å². The molecule has 398 valence electrons. The number of carbonyl (C=O) groups is 10. The average molecular weight is 1000 g/mol. The lowest BCUT2D eigenvalue weighted by molar-refractivity contribution is -0.137. The van der Waals surface area contributed by atoms with Crippen molar-refractivity contribution < 1.29 is 76.4 Å². The lowest BCUT2D eigenvalue weighted by Gasteiger charge is -2.19. The maximum Gasteiger partial charge on any atom is 0.253 e. The molecule has 0 aromatic heterocycles. The van der Waals surface area contributed by atoms with Gasteiger partial charge in [0.15, 0.2) is 0 Å². The highest BCUT2D eigenvalue weighted by Crippen LogP contribution is 2.04. The van der Waals surface area contributed by atoms with Crippen LogP contribution >= 0.6 is 0 Å². The van der Waals surface area contributed by atoms with Crippen molar-refractivity contribution in [2.45, 2.75) is 84.1 Å². The largest absolute Gasteiger partial charge is 0.379 e. The standard InChI is InChI=1S/C45H77N9O16/c1-3-5-36(55)46-16-27-68-29-18-50-40(59)12-23-65-26-15-48-38(57)8-7-35(45(64)52-21-32-66-24-13-41(60)51-19-30-69-28-17-47-37(56)6-4-2)53-42(61)14-25-67-33-34-70-31-20-49-39(58)11-22-54-43(62)9-10-44(54)63/h9-10,35H,3-8,11-34H2,1-2H3,(H,46,55)(H,47,56)(H,48,57)(H,49,58)(H,50,59)(H,51,60)(H,52,64)(H,53,61)/t35-/m0/s1. The van der Waals surface area contributed by atoms with Crippen LogP contribution < -0.4 is 42.5 Å². The molecule has 1 aliphatic rings. The first kappa shape index (κ1) is 62.4. The van der Waals surface area contributed by atoms with Crippen LogP contribution in [0.25, 0.3) is 0 Å². The fourth-order valence-electron chi connectivity index (χ4n) is 5.83. The van der Waals surface area contributed by atoms with Crippen LogP contribution in [0.5, 0.6) is 0 Å². The molecule has 1 rings (SSSR count). The van der Waals surface area contributed by atoms with Crippen LogP contribution in [0.15, 0.2) is 12.2 Å². The molecule has 0 aromatic carbocycles. The van der Waals surface area contributed by atoms with Gasteiger partial charge < -0.3 is 71.0 Å². The van der Waals surface area contributed by atoms with Crippen LogP contribution in [0.3, 0.4) is 0 Å². The van der Waals surface area contributed by atoms with Crippen LogP contribution in [0.2, 0.25) is 0 Å². The second-order valence-corrected chi connectivity index (χ2v) is 15.4. The van der Waals surface area contributed by atoms with Crippen molar-refractivity contribution in [1.29, 1.82) is 0 Å². The quantitative estimate of drug-likeness (QED) is 0.0227. The highest BCUT2D eigenvalue weighted by molar-refractivity contribution is 6.13. The zero-order valence-electron chi connectivity index (χ0n) is 40.9. The van der Waals surface area contributed by atoms with Crippen molar-refractivity contribution >= 4 is 59.1 Å². The Labute approximate surface area is 410 Å². The van der Waals surface area contributed by atoms with Gasteiger partial charge in [0.25, 0.3) is 11.8 Å². The fourth-order valence-corrected chi connectivity index (χ4v) is 5.83. The van der Waals surface area contributed by atoms with Crippen molar-refractivity contribution in [1.82, 2.24) is 47.4 Å². The molecule has 0 unspecified atom stereocenters. The van der Waals surface area contributed by atoms with E-state index in [1.165, 1.54) is 0 Å². The summed E-state index contributed by atoms with van der Waals surface area (Å²) in [5.74, 6) is -3.24. The molecule has 0 saturated carbocycles. The molecule has 0 saturated heterocycles. The Bertz CT molecular complexity index is 1600. The number of amides is 10. The molecule has 0 aliphatic carbocycles. The zero-order chi connectivity index (χ0) is 51.5. The summed E-state index contributed by atoms with van der Waals surface area (Å²) in [7, 11) is 0. The number of nitrogens with one attached hydrogen (secondary N) is 8. The van der Waals surface area contributed by atoms with Crippen molar-refractivity contribution in [3.8, 4) is 0 Å². The minimum absolute atomic E-state index is 0.00800. The lowest BCUT2D eigenvalue weighted by Crippen LogP contribution is -2.48. The third kappa shape index (κ3) is 35.5. The van der Waals surface area contributed by atoms with Gasteiger partial charge in [-0.1, -0.05) is 13.8 Å². The molecular formula is C45H77N9O16. The summed E-state index contributed by atoms with van der Waals surface area (Å²) in [5.41, 5.74) is 0. The smallest absolute Gasteiger partial charge is 0.253 e. The number of nitrogens with zero attached hydrogens (tertiary/aromatic N) is 1. The van der Waals surface area contributed by atoms with E-state index < -0.39 is 35.6 Å². The van der Waals surface area contributed by atoms with Crippen LogP contribution in [0, 0.1) is 0 Å². The molecule has 0 bridgehead atoms. The van der Waals surface area contributed by atoms with E-state index in [1.54, 1.807) is 0 Å². The maximum absolute atomic E-state index is 13.1. The molecule has 70 heavy (non-hydrogen) atoms. The summed E-state index contributed by atoms with van der Waals surface area (Å²) in [4.78, 5) is 122. The predicted molar refractivity (Wildman–Crippen MR) is 251 cm³/mol. The lowest BCUT2D eigenvalue weighted by atomic mass is 10.1. The van der Waals surface area contributed by atoms with Crippen LogP contribution in [-0.2, 0) is 76.4 Å². The fraction of sp³-hybridized carbons (Fsp3) is 0.733. The Balaban J connectivity index is 2.36. The number of imide groups is 1. The van der Waals surface area contributed by atoms with E-state index in [2.05, 4.69) is 42.5 Å². The summed E-state index contributed by atoms with van der Waals surface area (Å²) >= 11 is 0. The van der Waals surface area contributed by atoms with Crippen molar-refractivity contribution in [3.05, 3.63) is 12.2 Å². The van der Waals surface area contributed by atoms with Crippen molar-refractivity contribution in [2.75, 3.05) is 132 Å². The Morgan fingerprint density at radius 2 is 0.714 bits per heavy atom. The number of rotatable bonds is 45. The van der Waals surface area contributed by atoms with Crippen LogP contribution in [0.4, 0.5) is 0 Å². The second-order valence-electron chi connectivity index (χ2n) is 15.4. The van der Waals surface area contributed by atoms with E-state index in [1.807, 2.05) is 13.8 Å². The molecule has 25 nitrogen and oxygen atoms in total. The molecule has 8 N–H and O–H groups in total. The Morgan fingerprint density at radius 3 is 1.13 bits per heavy atom. The van der Waals surface area contributed by atoms with Gasteiger partial charge in [-0.05, 0) is 19.3 Å². The first-order chi connectivity index (χ1) is 33.9. The first-order valence-corrected chi connectivity index (χ1v) is 24.0. The van der Waals surface area contributed by atoms with Gasteiger partial charge in [0.1, 0.15) is 6.04 Å². The molecule has 0 radical (unpaired) electrons. The monoisotopic (exact) mass is 1000 g/mol. The van der Waals surface area contributed by atoms with E-state index in [9.17, 15) is 47.9 Å². The molecular weight excluding hydrogens is 923 g/mol. The van der Waals surface area contributed by atoms with Crippen molar-refractivity contribution in [3.63, 3.8) is 0 Å². The number of carbonyl (C=O) groups excluding carboxylic acids is 10. The molecule has 1 aliphatic heterocycles. The van der Waals surface area contributed by atoms with E-state index in [0.717, 1.165) is 29.9 Å². The Hall–Kier alpha value is -5.60. The minimum Gasteiger partial charge on any atom is -0.379 e. The Morgan fingerprint density at radius 1 is 0.400 bits per heavy atom. The van der Waals surface area contributed by atoms with Gasteiger partial charge in [0.2, 0.25) is 47.3 Å². The third-order valence-corrected chi connectivity index (χ3v) is 9.48. The van der Waals surface area contributed by atoms with Gasteiger partial charge >= 0.3 is 0 Å². The first-order valence-electron chi connectivity index (χ1n) is 24.0. The molecule has 0 aromatic rings. The van der Waals surface area contributed by atoms with Crippen LogP contribution in [0.1, 0.15) is 78.1 Å². The highest BCUT2D eigenvalue weighted by atomic mass is 16.5. The van der Waals surface area contributed by atoms with Gasteiger partial charge in [-0.15, -0.1) is 0 Å². The minimum atomic E-state index is -1.07. The zero-order valence-corrected chi connectivity index (χ0v) is 40.9. The molecule has 0 spiro atoms. The molecule has 25 heteroatoms. The van der Waals surface area contributed by atoms with Gasteiger partial charge in [0, 0.05) is 109 Å². The Kier molecular flexibility index (Phi) is 37.7. The van der Waals surface area contributed by atoms with E-state index >= 15 is 0 Å². The summed E-state index contributed by atoms with van der Waals surface area (Å²) in [6.07, 6.45) is 4.67. The molecule has 0 fully saturated rings. The second kappa shape index (κ2) is 42.3.